The van der Waals surface area contributed by atoms with Crippen LogP contribution in [0.4, 0.5) is 0 Å². The van der Waals surface area contributed by atoms with Crippen molar-refractivity contribution >= 4 is 0 Å². The molecule has 0 radical (unpaired) electrons. The molecule has 0 aromatic heterocycles. The second-order valence-electron chi connectivity index (χ2n) is 3.50. The van der Waals surface area contributed by atoms with Gasteiger partial charge in [0.2, 0.25) is 0 Å². The van der Waals surface area contributed by atoms with Gasteiger partial charge in [-0.25, -0.2) is 0 Å². The summed E-state index contributed by atoms with van der Waals surface area (Å²) >= 11 is 0. The number of hydrogen-bond acceptors (Lipinski definition) is 4. The number of rotatable bonds is 3. The van der Waals surface area contributed by atoms with Crippen LogP contribution in [0.5, 0.6) is 0 Å². The van der Waals surface area contributed by atoms with Gasteiger partial charge in [-0.3, -0.25) is 16.0 Å². The number of terminal acetylenes is 1. The summed E-state index contributed by atoms with van der Waals surface area (Å²) in [5.41, 5.74) is -0.649. The largest absolute Gasteiger partial charge is 0.315 e. The Morgan fingerprint density at radius 3 is 2.21 bits per heavy atom. The summed E-state index contributed by atoms with van der Waals surface area (Å²) in [6.45, 7) is 0. The van der Waals surface area contributed by atoms with Crippen LogP contribution in [0, 0.1) is 12.3 Å². The van der Waals surface area contributed by atoms with Gasteiger partial charge in [-0.2, -0.15) is 0 Å². The Balaban J connectivity index is 2.82. The second-order valence-corrected chi connectivity index (χ2v) is 3.50. The summed E-state index contributed by atoms with van der Waals surface area (Å²) in [6, 6.07) is 0. The summed E-state index contributed by atoms with van der Waals surface area (Å²) in [6.07, 6.45) is 8.25. The van der Waals surface area contributed by atoms with Crippen LogP contribution >= 0.6 is 0 Å². The van der Waals surface area contributed by atoms with Crippen LogP contribution in [0.1, 0.15) is 19.3 Å². The molecule has 1 aliphatic heterocycles. The predicted molar refractivity (Wildman–Crippen MR) is 56.4 cm³/mol. The average Bonchev–Trinajstić information content (AvgIpc) is 2.29. The minimum Gasteiger partial charge on any atom is -0.315 e. The van der Waals surface area contributed by atoms with Gasteiger partial charge in [-0.15, -0.1) is 6.42 Å². The Bertz CT molecular complexity index is 232. The lowest BCUT2D eigenvalue weighted by molar-refractivity contribution is -0.200. The maximum atomic E-state index is 5.89. The quantitative estimate of drug-likeness (QED) is 0.434. The van der Waals surface area contributed by atoms with E-state index in [2.05, 4.69) is 21.9 Å². The van der Waals surface area contributed by atoms with Gasteiger partial charge in [0, 0.05) is 12.8 Å². The maximum absolute atomic E-state index is 5.89. The molecule has 1 saturated heterocycles. The van der Waals surface area contributed by atoms with Crippen LogP contribution in [-0.2, 0) is 4.74 Å². The molecule has 1 heterocycles. The van der Waals surface area contributed by atoms with E-state index in [0.717, 1.165) is 19.3 Å². The predicted octanol–water partition coefficient (Wildman–Crippen LogP) is -0.172. The van der Waals surface area contributed by atoms with E-state index < -0.39 is 11.6 Å². The Labute approximate surface area is 85.8 Å². The van der Waals surface area contributed by atoms with E-state index in [1.807, 2.05) is 21.1 Å². The lowest BCUT2D eigenvalue weighted by atomic mass is 9.99. The summed E-state index contributed by atoms with van der Waals surface area (Å²) in [5.74, 6) is 2.17. The zero-order valence-electron chi connectivity index (χ0n) is 9.11. The number of ether oxygens (including phenoxy) is 1. The highest BCUT2D eigenvalue weighted by Gasteiger charge is 2.42. The molecule has 0 saturated carbocycles. The summed E-state index contributed by atoms with van der Waals surface area (Å²) < 4.78 is 5.89. The fourth-order valence-corrected chi connectivity index (χ4v) is 1.81. The van der Waals surface area contributed by atoms with Crippen molar-refractivity contribution in [3.05, 3.63) is 0 Å². The molecule has 0 aromatic carbocycles. The molecule has 4 nitrogen and oxygen atoms in total. The zero-order chi connectivity index (χ0) is 10.7. The fraction of sp³-hybridized carbons (Fsp3) is 0.800. The van der Waals surface area contributed by atoms with Gasteiger partial charge in [0.15, 0.2) is 11.6 Å². The van der Waals surface area contributed by atoms with E-state index in [-0.39, 0.29) is 0 Å². The van der Waals surface area contributed by atoms with Crippen molar-refractivity contribution in [1.29, 1.82) is 0 Å². The third kappa shape index (κ3) is 1.91. The van der Waals surface area contributed by atoms with Gasteiger partial charge in [-0.05, 0) is 27.6 Å². The van der Waals surface area contributed by atoms with Gasteiger partial charge in [0.25, 0.3) is 0 Å². The first kappa shape index (κ1) is 11.5. The van der Waals surface area contributed by atoms with Crippen molar-refractivity contribution in [1.82, 2.24) is 16.0 Å². The highest BCUT2D eigenvalue weighted by molar-refractivity contribution is 5.09. The second kappa shape index (κ2) is 4.28. The van der Waals surface area contributed by atoms with Gasteiger partial charge < -0.3 is 4.74 Å². The molecule has 3 N–H and O–H groups in total. The van der Waals surface area contributed by atoms with E-state index >= 15 is 0 Å². The molecule has 1 fully saturated rings. The normalized spacial score (nSPS) is 31.0. The maximum Gasteiger partial charge on any atom is 0.185 e. The topological polar surface area (TPSA) is 45.3 Å². The molecule has 0 bridgehead atoms. The Morgan fingerprint density at radius 2 is 1.79 bits per heavy atom. The van der Waals surface area contributed by atoms with Gasteiger partial charge >= 0.3 is 0 Å². The van der Waals surface area contributed by atoms with E-state index in [1.54, 1.807) is 0 Å². The molecule has 4 heteroatoms. The van der Waals surface area contributed by atoms with Crippen LogP contribution < -0.4 is 16.0 Å². The standard InChI is InChI=1S/C10H19N3O/c1-5-9(11-2)7-6-8-10(12-3,13-4)14-9/h1,11-13H,6-8H2,2-4H3. The van der Waals surface area contributed by atoms with E-state index in [1.165, 1.54) is 0 Å². The molecule has 0 spiro atoms. The van der Waals surface area contributed by atoms with Crippen molar-refractivity contribution in [2.24, 2.45) is 0 Å². The minimum atomic E-state index is -0.649. The minimum absolute atomic E-state index is 0.506. The van der Waals surface area contributed by atoms with Crippen LogP contribution in [-0.4, -0.2) is 32.7 Å². The Hall–Kier alpha value is -0.600. The van der Waals surface area contributed by atoms with Crippen LogP contribution in [0.25, 0.3) is 0 Å². The molecule has 1 rings (SSSR count). The van der Waals surface area contributed by atoms with Crippen molar-refractivity contribution < 1.29 is 4.74 Å². The molecule has 0 aliphatic carbocycles. The molecule has 1 atom stereocenters. The lowest BCUT2D eigenvalue weighted by Crippen LogP contribution is -2.65. The summed E-state index contributed by atoms with van der Waals surface area (Å²) in [7, 11) is 5.54. The van der Waals surface area contributed by atoms with Gasteiger partial charge in [0.05, 0.1) is 0 Å². The van der Waals surface area contributed by atoms with Crippen LogP contribution in [0.3, 0.4) is 0 Å². The van der Waals surface area contributed by atoms with Crippen molar-refractivity contribution in [3.8, 4) is 12.3 Å². The first-order valence-electron chi connectivity index (χ1n) is 4.90. The highest BCUT2D eigenvalue weighted by atomic mass is 16.6. The molecule has 1 unspecified atom stereocenters. The SMILES string of the molecule is C#CC1(NC)CCCC(NC)(NC)O1. The summed E-state index contributed by atoms with van der Waals surface area (Å²) in [4.78, 5) is 0. The molecular weight excluding hydrogens is 178 g/mol. The number of hydrogen-bond donors (Lipinski definition) is 3. The smallest absolute Gasteiger partial charge is 0.185 e. The van der Waals surface area contributed by atoms with E-state index in [9.17, 15) is 0 Å². The monoisotopic (exact) mass is 197 g/mol. The molecule has 1 aliphatic rings. The zero-order valence-corrected chi connectivity index (χ0v) is 9.11. The van der Waals surface area contributed by atoms with E-state index in [4.69, 9.17) is 11.2 Å². The number of nitrogens with one attached hydrogen (secondary N) is 3. The summed E-state index contributed by atoms with van der Waals surface area (Å²) in [5, 5.41) is 9.30. The molecular formula is C10H19N3O. The van der Waals surface area contributed by atoms with Crippen LogP contribution in [0.2, 0.25) is 0 Å². The lowest BCUT2D eigenvalue weighted by Gasteiger charge is -2.45. The molecule has 0 aromatic rings. The first-order chi connectivity index (χ1) is 6.66. The Kier molecular flexibility index (Phi) is 3.51. The third-order valence-electron chi connectivity index (χ3n) is 2.85. The molecule has 0 amide bonds. The van der Waals surface area contributed by atoms with E-state index in [0.29, 0.717) is 0 Å². The van der Waals surface area contributed by atoms with Crippen molar-refractivity contribution in [3.63, 3.8) is 0 Å². The fourth-order valence-electron chi connectivity index (χ4n) is 1.81. The Morgan fingerprint density at radius 1 is 1.14 bits per heavy atom. The third-order valence-corrected chi connectivity index (χ3v) is 2.85. The van der Waals surface area contributed by atoms with Gasteiger partial charge in [-0.1, -0.05) is 5.92 Å². The van der Waals surface area contributed by atoms with Crippen LogP contribution in [0.15, 0.2) is 0 Å². The average molecular weight is 197 g/mol. The molecule has 80 valence electrons. The van der Waals surface area contributed by atoms with Crippen molar-refractivity contribution in [2.45, 2.75) is 30.8 Å². The first-order valence-corrected chi connectivity index (χ1v) is 4.90. The van der Waals surface area contributed by atoms with Crippen molar-refractivity contribution in [2.75, 3.05) is 21.1 Å². The van der Waals surface area contributed by atoms with Gasteiger partial charge in [0.1, 0.15) is 0 Å². The highest BCUT2D eigenvalue weighted by Crippen LogP contribution is 2.29. The molecule has 14 heavy (non-hydrogen) atoms.